The monoisotopic (exact) mass is 329 g/mol. The van der Waals surface area contributed by atoms with Gasteiger partial charge in [-0.15, -0.1) is 0 Å². The van der Waals surface area contributed by atoms with Crippen LogP contribution in [-0.4, -0.2) is 11.1 Å². The molecule has 1 atom stereocenters. The molecule has 0 saturated carbocycles. The Morgan fingerprint density at radius 1 is 0.800 bits per heavy atom. The van der Waals surface area contributed by atoms with Crippen molar-refractivity contribution in [1.29, 1.82) is 0 Å². The highest BCUT2D eigenvalue weighted by atomic mass is 15.4. The summed E-state index contributed by atoms with van der Waals surface area (Å²) in [5.41, 5.74) is 7.40. The first-order chi connectivity index (χ1) is 12.1. The standard InChI is InChI=1S/C22H23N3/c1-15-12-16(2)14-19(13-15)24-18(4)25(20-9-6-5-8-17(20)3)22-21(24)10-7-11-23-22/h5-14,18H,1-4H3. The lowest BCUT2D eigenvalue weighted by atomic mass is 10.1. The van der Waals surface area contributed by atoms with Crippen LogP contribution in [0.1, 0.15) is 23.6 Å². The number of pyridine rings is 1. The Morgan fingerprint density at radius 2 is 1.48 bits per heavy atom. The van der Waals surface area contributed by atoms with Gasteiger partial charge in [0.15, 0.2) is 5.82 Å². The maximum Gasteiger partial charge on any atom is 0.158 e. The Bertz CT molecular complexity index is 912. The van der Waals surface area contributed by atoms with E-state index in [1.165, 1.54) is 28.1 Å². The van der Waals surface area contributed by atoms with Gasteiger partial charge < -0.3 is 9.80 Å². The second kappa shape index (κ2) is 5.92. The van der Waals surface area contributed by atoms with Gasteiger partial charge in [-0.25, -0.2) is 4.98 Å². The number of nitrogens with zero attached hydrogens (tertiary/aromatic N) is 3. The summed E-state index contributed by atoms with van der Waals surface area (Å²) < 4.78 is 0. The molecule has 1 aliphatic rings. The van der Waals surface area contributed by atoms with Crippen molar-refractivity contribution in [2.45, 2.75) is 33.9 Å². The van der Waals surface area contributed by atoms with Gasteiger partial charge in [-0.3, -0.25) is 0 Å². The summed E-state index contributed by atoms with van der Waals surface area (Å²) in [6.45, 7) is 8.71. The minimum Gasteiger partial charge on any atom is -0.317 e. The Morgan fingerprint density at radius 3 is 2.20 bits per heavy atom. The normalized spacial score (nSPS) is 16.2. The number of aryl methyl sites for hydroxylation is 3. The van der Waals surface area contributed by atoms with E-state index in [9.17, 15) is 0 Å². The van der Waals surface area contributed by atoms with E-state index < -0.39 is 0 Å². The number of para-hydroxylation sites is 1. The quantitative estimate of drug-likeness (QED) is 0.606. The molecule has 0 spiro atoms. The predicted octanol–water partition coefficient (Wildman–Crippen LogP) is 5.64. The second-order valence-corrected chi connectivity index (χ2v) is 6.85. The first-order valence-electron chi connectivity index (χ1n) is 8.73. The molecule has 0 N–H and O–H groups in total. The molecule has 3 aromatic rings. The molecule has 1 unspecified atom stereocenters. The van der Waals surface area contributed by atoms with Gasteiger partial charge in [0, 0.05) is 17.6 Å². The van der Waals surface area contributed by atoms with Crippen molar-refractivity contribution in [3.05, 3.63) is 77.5 Å². The Labute approximate surface area is 149 Å². The molecule has 1 aliphatic heterocycles. The van der Waals surface area contributed by atoms with Crippen LogP contribution in [-0.2, 0) is 0 Å². The summed E-state index contributed by atoms with van der Waals surface area (Å²) in [7, 11) is 0. The summed E-state index contributed by atoms with van der Waals surface area (Å²) in [5, 5.41) is 0. The van der Waals surface area contributed by atoms with Crippen molar-refractivity contribution in [3.63, 3.8) is 0 Å². The highest BCUT2D eigenvalue weighted by Gasteiger charge is 2.36. The van der Waals surface area contributed by atoms with Crippen molar-refractivity contribution in [1.82, 2.24) is 4.98 Å². The zero-order valence-corrected chi connectivity index (χ0v) is 15.2. The maximum absolute atomic E-state index is 4.71. The molecule has 3 nitrogen and oxygen atoms in total. The lowest BCUT2D eigenvalue weighted by molar-refractivity contribution is 0.755. The zero-order valence-electron chi connectivity index (χ0n) is 15.2. The third-order valence-corrected chi connectivity index (χ3v) is 4.86. The molecule has 0 radical (unpaired) electrons. The van der Waals surface area contributed by atoms with E-state index in [1.807, 2.05) is 12.3 Å². The van der Waals surface area contributed by atoms with E-state index in [4.69, 9.17) is 4.98 Å². The maximum atomic E-state index is 4.71. The number of fused-ring (bicyclic) bond motifs is 1. The molecule has 2 heterocycles. The number of hydrogen-bond acceptors (Lipinski definition) is 3. The Balaban J connectivity index is 1.90. The van der Waals surface area contributed by atoms with Gasteiger partial charge in [0.05, 0.1) is 5.69 Å². The number of aromatic nitrogens is 1. The lowest BCUT2D eigenvalue weighted by Crippen LogP contribution is -2.35. The molecule has 126 valence electrons. The van der Waals surface area contributed by atoms with Crippen molar-refractivity contribution >= 4 is 22.9 Å². The largest absolute Gasteiger partial charge is 0.317 e. The predicted molar refractivity (Wildman–Crippen MR) is 105 cm³/mol. The van der Waals surface area contributed by atoms with E-state index in [1.54, 1.807) is 0 Å². The van der Waals surface area contributed by atoms with Crippen LogP contribution in [0.4, 0.5) is 22.9 Å². The fourth-order valence-electron chi connectivity index (χ4n) is 3.85. The van der Waals surface area contributed by atoms with Crippen LogP contribution in [0.2, 0.25) is 0 Å². The van der Waals surface area contributed by atoms with Gasteiger partial charge in [-0.05, 0) is 74.7 Å². The SMILES string of the molecule is Cc1cc(C)cc(N2c3cccnc3N(c3ccccc3C)C2C)c1. The van der Waals surface area contributed by atoms with Crippen molar-refractivity contribution < 1.29 is 0 Å². The Hall–Kier alpha value is -2.81. The summed E-state index contributed by atoms with van der Waals surface area (Å²) >= 11 is 0. The van der Waals surface area contributed by atoms with Crippen LogP contribution >= 0.6 is 0 Å². The van der Waals surface area contributed by atoms with Crippen LogP contribution in [0.5, 0.6) is 0 Å². The molecule has 0 bridgehead atoms. The number of rotatable bonds is 2. The van der Waals surface area contributed by atoms with E-state index in [0.717, 1.165) is 11.5 Å². The van der Waals surface area contributed by atoms with Gasteiger partial charge in [0.1, 0.15) is 6.17 Å². The molecule has 2 aromatic carbocycles. The molecule has 0 saturated heterocycles. The molecule has 1 aromatic heterocycles. The lowest BCUT2D eigenvalue weighted by Gasteiger charge is -2.31. The second-order valence-electron chi connectivity index (χ2n) is 6.85. The molecular formula is C22H23N3. The van der Waals surface area contributed by atoms with Crippen LogP contribution in [0.3, 0.4) is 0 Å². The van der Waals surface area contributed by atoms with Crippen LogP contribution < -0.4 is 9.80 Å². The average Bonchev–Trinajstić information content (AvgIpc) is 2.86. The van der Waals surface area contributed by atoms with Crippen molar-refractivity contribution in [3.8, 4) is 0 Å². The first kappa shape index (κ1) is 15.7. The number of benzene rings is 2. The number of anilines is 4. The van der Waals surface area contributed by atoms with Crippen LogP contribution in [0.25, 0.3) is 0 Å². The molecule has 3 heteroatoms. The minimum absolute atomic E-state index is 0.159. The highest BCUT2D eigenvalue weighted by molar-refractivity contribution is 5.86. The molecule has 0 amide bonds. The minimum atomic E-state index is 0.159. The molecule has 4 rings (SSSR count). The van der Waals surface area contributed by atoms with Crippen molar-refractivity contribution in [2.24, 2.45) is 0 Å². The highest BCUT2D eigenvalue weighted by Crippen LogP contribution is 2.46. The van der Waals surface area contributed by atoms with E-state index in [0.29, 0.717) is 0 Å². The molecule has 25 heavy (non-hydrogen) atoms. The number of hydrogen-bond donors (Lipinski definition) is 0. The van der Waals surface area contributed by atoms with Crippen LogP contribution in [0, 0.1) is 20.8 Å². The first-order valence-corrected chi connectivity index (χ1v) is 8.73. The summed E-state index contributed by atoms with van der Waals surface area (Å²) in [6, 6.07) is 19.4. The van der Waals surface area contributed by atoms with E-state index >= 15 is 0 Å². The van der Waals surface area contributed by atoms with Gasteiger partial charge in [0.2, 0.25) is 0 Å². The summed E-state index contributed by atoms with van der Waals surface area (Å²) in [5.74, 6) is 1.02. The summed E-state index contributed by atoms with van der Waals surface area (Å²) in [4.78, 5) is 9.43. The molecular weight excluding hydrogens is 306 g/mol. The van der Waals surface area contributed by atoms with Crippen molar-refractivity contribution in [2.75, 3.05) is 9.80 Å². The van der Waals surface area contributed by atoms with Gasteiger partial charge >= 0.3 is 0 Å². The topological polar surface area (TPSA) is 19.4 Å². The third-order valence-electron chi connectivity index (χ3n) is 4.86. The van der Waals surface area contributed by atoms with Gasteiger partial charge in [-0.2, -0.15) is 0 Å². The van der Waals surface area contributed by atoms with E-state index in [2.05, 4.69) is 86.0 Å². The molecule has 0 aliphatic carbocycles. The van der Waals surface area contributed by atoms with E-state index in [-0.39, 0.29) is 6.17 Å². The molecule has 0 fully saturated rings. The van der Waals surface area contributed by atoms with Crippen LogP contribution in [0.15, 0.2) is 60.8 Å². The third kappa shape index (κ3) is 2.56. The van der Waals surface area contributed by atoms with Gasteiger partial charge in [-0.1, -0.05) is 24.3 Å². The fourth-order valence-corrected chi connectivity index (χ4v) is 3.85. The zero-order chi connectivity index (χ0) is 17.6. The average molecular weight is 329 g/mol. The summed E-state index contributed by atoms with van der Waals surface area (Å²) in [6.07, 6.45) is 2.04. The smallest absolute Gasteiger partial charge is 0.158 e. The fraction of sp³-hybridized carbons (Fsp3) is 0.227. The Kier molecular flexibility index (Phi) is 3.72. The van der Waals surface area contributed by atoms with Gasteiger partial charge in [0.25, 0.3) is 0 Å².